The maximum atomic E-state index is 13.2. The molecule has 3 nitrogen and oxygen atoms in total. The van der Waals surface area contributed by atoms with E-state index in [4.69, 9.17) is 0 Å². The van der Waals surface area contributed by atoms with Crippen LogP contribution in [0, 0.1) is 24.1 Å². The van der Waals surface area contributed by atoms with Crippen LogP contribution in [0.3, 0.4) is 0 Å². The molecule has 25 heavy (non-hydrogen) atoms. The first-order valence-corrected chi connectivity index (χ1v) is 7.83. The lowest BCUT2D eigenvalue weighted by molar-refractivity contribution is 0.103. The summed E-state index contributed by atoms with van der Waals surface area (Å²) in [7, 11) is 0. The van der Waals surface area contributed by atoms with Crippen LogP contribution in [0.15, 0.2) is 60.7 Å². The number of nitrogens with zero attached hydrogens (tertiary/aromatic N) is 2. The van der Waals surface area contributed by atoms with E-state index in [9.17, 15) is 14.4 Å². The third-order valence-corrected chi connectivity index (χ3v) is 4.35. The third kappa shape index (κ3) is 2.38. The van der Waals surface area contributed by atoms with E-state index in [0.29, 0.717) is 22.3 Å². The molecule has 0 fully saturated rings. The molecule has 0 amide bonds. The highest BCUT2D eigenvalue weighted by atomic mass is 19.1. The van der Waals surface area contributed by atoms with E-state index < -0.39 is 5.82 Å². The molecule has 4 heteroatoms. The summed E-state index contributed by atoms with van der Waals surface area (Å²) in [6.45, 7) is 1.98. The maximum absolute atomic E-state index is 13.2. The summed E-state index contributed by atoms with van der Waals surface area (Å²) in [6.07, 6.45) is 0. The van der Waals surface area contributed by atoms with E-state index >= 15 is 0 Å². The van der Waals surface area contributed by atoms with E-state index in [1.54, 1.807) is 6.07 Å². The molecule has 0 aliphatic carbocycles. The van der Waals surface area contributed by atoms with Crippen LogP contribution in [0.2, 0.25) is 0 Å². The van der Waals surface area contributed by atoms with Gasteiger partial charge in [-0.3, -0.25) is 4.79 Å². The number of rotatable bonds is 2. The monoisotopic (exact) mass is 328 g/mol. The van der Waals surface area contributed by atoms with Crippen molar-refractivity contribution in [2.45, 2.75) is 6.92 Å². The van der Waals surface area contributed by atoms with Crippen LogP contribution in [-0.4, -0.2) is 10.2 Å². The Hall–Kier alpha value is -3.45. The molecule has 0 radical (unpaired) electrons. The Labute approximate surface area is 143 Å². The Morgan fingerprint density at radius 3 is 2.44 bits per heavy atom. The topological polar surface area (TPSA) is 45.3 Å². The number of benzene rings is 2. The number of halogens is 1. The van der Waals surface area contributed by atoms with Crippen LogP contribution in [0.5, 0.6) is 0 Å². The lowest BCUT2D eigenvalue weighted by Crippen LogP contribution is -2.06. The fourth-order valence-corrected chi connectivity index (χ4v) is 3.11. The number of hydrogen-bond acceptors (Lipinski definition) is 2. The van der Waals surface area contributed by atoms with Crippen LogP contribution >= 0.6 is 0 Å². The second-order valence-electron chi connectivity index (χ2n) is 6.01. The van der Waals surface area contributed by atoms with Gasteiger partial charge in [-0.2, -0.15) is 5.26 Å². The summed E-state index contributed by atoms with van der Waals surface area (Å²) in [5, 5.41) is 10.4. The fraction of sp³-hybridized carbons (Fsp3) is 0.0476. The molecular formula is C21H13FN2O. The van der Waals surface area contributed by atoms with Crippen LogP contribution in [0.1, 0.15) is 27.2 Å². The zero-order valence-corrected chi connectivity index (χ0v) is 13.5. The number of ketones is 1. The largest absolute Gasteiger partial charge is 0.305 e. The molecule has 0 saturated heterocycles. The molecule has 2 aromatic heterocycles. The van der Waals surface area contributed by atoms with Gasteiger partial charge in [-0.25, -0.2) is 4.39 Å². The van der Waals surface area contributed by atoms with Crippen LogP contribution in [-0.2, 0) is 0 Å². The Morgan fingerprint density at radius 1 is 1.00 bits per heavy atom. The van der Waals surface area contributed by atoms with Crippen molar-refractivity contribution in [1.29, 1.82) is 5.26 Å². The van der Waals surface area contributed by atoms with Gasteiger partial charge in [-0.1, -0.05) is 18.2 Å². The van der Waals surface area contributed by atoms with Gasteiger partial charge < -0.3 is 4.40 Å². The summed E-state index contributed by atoms with van der Waals surface area (Å²) in [5.41, 5.74) is 3.83. The molecular weight excluding hydrogens is 315 g/mol. The molecule has 0 aliphatic heterocycles. The van der Waals surface area contributed by atoms with Gasteiger partial charge in [0.25, 0.3) is 0 Å². The van der Waals surface area contributed by atoms with Gasteiger partial charge in [-0.15, -0.1) is 0 Å². The van der Waals surface area contributed by atoms with E-state index in [-0.39, 0.29) is 5.78 Å². The van der Waals surface area contributed by atoms with E-state index in [2.05, 4.69) is 6.07 Å². The first-order valence-electron chi connectivity index (χ1n) is 7.83. The fourth-order valence-electron chi connectivity index (χ4n) is 3.11. The van der Waals surface area contributed by atoms with Crippen LogP contribution < -0.4 is 0 Å². The number of pyridine rings is 1. The van der Waals surface area contributed by atoms with Crippen molar-refractivity contribution in [3.63, 3.8) is 0 Å². The van der Waals surface area contributed by atoms with Crippen molar-refractivity contribution in [1.82, 2.24) is 4.40 Å². The van der Waals surface area contributed by atoms with Crippen molar-refractivity contribution >= 4 is 22.2 Å². The second-order valence-corrected chi connectivity index (χ2v) is 6.01. The molecule has 0 unspecified atom stereocenters. The molecule has 0 N–H and O–H groups in total. The maximum Gasteiger partial charge on any atom is 0.209 e. The molecule has 0 saturated carbocycles. The smallest absolute Gasteiger partial charge is 0.209 e. The van der Waals surface area contributed by atoms with Crippen molar-refractivity contribution in [2.24, 2.45) is 0 Å². The molecule has 0 aliphatic rings. The van der Waals surface area contributed by atoms with E-state index in [1.807, 2.05) is 41.7 Å². The molecule has 2 heterocycles. The Morgan fingerprint density at radius 2 is 1.72 bits per heavy atom. The predicted molar refractivity (Wildman–Crippen MR) is 94.2 cm³/mol. The van der Waals surface area contributed by atoms with Gasteiger partial charge in [0, 0.05) is 5.56 Å². The molecule has 120 valence electrons. The lowest BCUT2D eigenvalue weighted by Gasteiger charge is -2.08. The van der Waals surface area contributed by atoms with Gasteiger partial charge in [-0.05, 0) is 60.3 Å². The normalized spacial score (nSPS) is 10.9. The van der Waals surface area contributed by atoms with Gasteiger partial charge in [0.05, 0.1) is 22.3 Å². The Kier molecular flexibility index (Phi) is 3.36. The third-order valence-electron chi connectivity index (χ3n) is 4.35. The summed E-state index contributed by atoms with van der Waals surface area (Å²) >= 11 is 0. The van der Waals surface area contributed by atoms with Crippen molar-refractivity contribution in [2.75, 3.05) is 0 Å². The zero-order valence-electron chi connectivity index (χ0n) is 13.5. The number of aryl methyl sites for hydroxylation is 1. The average molecular weight is 328 g/mol. The molecule has 4 rings (SSSR count). The first-order chi connectivity index (χ1) is 12.1. The highest BCUT2D eigenvalue weighted by Gasteiger charge is 2.18. The standard InChI is InChI=1S/C21H13FN2O/c1-13-2-3-14-6-9-18-16(12-23)11-20(24(18)19(14)10-13)21(25)15-4-7-17(22)8-5-15/h2-11H,1H3. The highest BCUT2D eigenvalue weighted by molar-refractivity contribution is 6.10. The summed E-state index contributed by atoms with van der Waals surface area (Å²) in [5.74, 6) is -0.638. The Balaban J connectivity index is 2.06. The minimum absolute atomic E-state index is 0.245. The van der Waals surface area contributed by atoms with Gasteiger partial charge in [0.2, 0.25) is 5.78 Å². The summed E-state index contributed by atoms with van der Waals surface area (Å²) in [6, 6.07) is 19.0. The lowest BCUT2D eigenvalue weighted by atomic mass is 10.1. The van der Waals surface area contributed by atoms with Crippen LogP contribution in [0.4, 0.5) is 4.39 Å². The van der Waals surface area contributed by atoms with Gasteiger partial charge >= 0.3 is 0 Å². The minimum Gasteiger partial charge on any atom is -0.305 e. The summed E-state index contributed by atoms with van der Waals surface area (Å²) in [4.78, 5) is 13.0. The molecule has 4 aromatic rings. The van der Waals surface area contributed by atoms with Crippen molar-refractivity contribution < 1.29 is 9.18 Å². The summed E-state index contributed by atoms with van der Waals surface area (Å²) < 4.78 is 15.0. The van der Waals surface area contributed by atoms with Gasteiger partial charge in [0.1, 0.15) is 11.9 Å². The number of carbonyl (C=O) groups excluding carboxylic acids is 1. The van der Waals surface area contributed by atoms with Crippen molar-refractivity contribution in [3.05, 3.63) is 88.9 Å². The predicted octanol–water partition coefficient (Wildman–Crippen LogP) is 4.64. The first kappa shape index (κ1) is 15.1. The molecule has 0 spiro atoms. The van der Waals surface area contributed by atoms with Crippen LogP contribution in [0.25, 0.3) is 16.4 Å². The van der Waals surface area contributed by atoms with Gasteiger partial charge in [0.15, 0.2) is 0 Å². The van der Waals surface area contributed by atoms with E-state index in [1.165, 1.54) is 24.3 Å². The van der Waals surface area contributed by atoms with Crippen molar-refractivity contribution in [3.8, 4) is 6.07 Å². The number of aromatic nitrogens is 1. The Bertz CT molecular complexity index is 1180. The average Bonchev–Trinajstić information content (AvgIpc) is 3.01. The molecule has 0 bridgehead atoms. The second kappa shape index (κ2) is 5.57. The number of nitriles is 1. The van der Waals surface area contributed by atoms with E-state index in [0.717, 1.165) is 16.5 Å². The molecule has 0 atom stereocenters. The SMILES string of the molecule is Cc1ccc2ccc3c(C#N)cc(C(=O)c4ccc(F)cc4)n3c2c1. The number of carbonyl (C=O) groups is 1. The zero-order chi connectivity index (χ0) is 17.6. The highest BCUT2D eigenvalue weighted by Crippen LogP contribution is 2.26. The molecule has 2 aromatic carbocycles. The quantitative estimate of drug-likeness (QED) is 0.503. The number of hydrogen-bond donors (Lipinski definition) is 0. The minimum atomic E-state index is -0.393. The number of fused-ring (bicyclic) bond motifs is 3.